The zero-order valence-corrected chi connectivity index (χ0v) is 7.58. The number of nitrogens with one attached hydrogen (secondary N) is 1. The van der Waals surface area contributed by atoms with Crippen LogP contribution in [0.2, 0.25) is 0 Å². The summed E-state index contributed by atoms with van der Waals surface area (Å²) in [5.74, 6) is -0.963. The summed E-state index contributed by atoms with van der Waals surface area (Å²) >= 11 is 0. The van der Waals surface area contributed by atoms with Crippen LogP contribution in [0, 0.1) is 0 Å². The van der Waals surface area contributed by atoms with Crippen LogP contribution in [0.4, 0.5) is 0 Å². The number of allylic oxidation sites excluding steroid dienone is 1. The average Bonchev–Trinajstić information content (AvgIpc) is 2.14. The Kier molecular flexibility index (Phi) is 4.32. The molecule has 1 aliphatic rings. The predicted molar refractivity (Wildman–Crippen MR) is 47.9 cm³/mol. The van der Waals surface area contributed by atoms with E-state index in [1.807, 2.05) is 0 Å². The lowest BCUT2D eigenvalue weighted by atomic mass is 9.96. The van der Waals surface area contributed by atoms with Gasteiger partial charge >= 0.3 is 5.97 Å². The number of carboxylic acid groups (broad SMARTS) is 1. The molecule has 13 heavy (non-hydrogen) atoms. The molecule has 0 aliphatic heterocycles. The van der Waals surface area contributed by atoms with Crippen LogP contribution in [-0.4, -0.2) is 17.7 Å². The van der Waals surface area contributed by atoms with Gasteiger partial charge in [-0.1, -0.05) is 12.0 Å². The van der Waals surface area contributed by atoms with E-state index in [1.165, 1.54) is 24.8 Å². The van der Waals surface area contributed by atoms with Crippen molar-refractivity contribution in [2.75, 3.05) is 6.61 Å². The maximum absolute atomic E-state index is 10.1. The standard InChI is InChI=1S/C9H15NO3/c11-9(12)7-13-10-6-8-4-2-1-3-5-8/h6,10H,1-5,7H2,(H,11,12). The largest absolute Gasteiger partial charge is 0.479 e. The van der Waals surface area contributed by atoms with E-state index < -0.39 is 5.97 Å². The van der Waals surface area contributed by atoms with E-state index in [0.717, 1.165) is 12.8 Å². The average molecular weight is 185 g/mol. The highest BCUT2D eigenvalue weighted by Crippen LogP contribution is 2.21. The molecule has 1 saturated carbocycles. The molecule has 0 spiro atoms. The molecule has 1 fully saturated rings. The lowest BCUT2D eigenvalue weighted by Crippen LogP contribution is -2.15. The topological polar surface area (TPSA) is 58.6 Å². The minimum Gasteiger partial charge on any atom is -0.479 e. The van der Waals surface area contributed by atoms with Crippen molar-refractivity contribution in [3.63, 3.8) is 0 Å². The number of hydrogen-bond donors (Lipinski definition) is 2. The zero-order valence-electron chi connectivity index (χ0n) is 7.58. The minimum atomic E-state index is -0.963. The van der Waals surface area contributed by atoms with Gasteiger partial charge in [-0.25, -0.2) is 4.79 Å². The van der Waals surface area contributed by atoms with Gasteiger partial charge in [-0.2, -0.15) is 0 Å². The van der Waals surface area contributed by atoms with Gasteiger partial charge in [0.2, 0.25) is 0 Å². The Morgan fingerprint density at radius 2 is 2.15 bits per heavy atom. The molecule has 0 unspecified atom stereocenters. The Morgan fingerprint density at radius 3 is 2.77 bits per heavy atom. The third-order valence-corrected chi connectivity index (χ3v) is 2.04. The number of carbonyl (C=O) groups is 1. The van der Waals surface area contributed by atoms with Gasteiger partial charge in [-0.15, -0.1) is 0 Å². The Labute approximate surface area is 77.5 Å². The molecule has 1 aliphatic carbocycles. The van der Waals surface area contributed by atoms with E-state index in [1.54, 1.807) is 6.20 Å². The van der Waals surface area contributed by atoms with Crippen LogP contribution in [0.15, 0.2) is 11.8 Å². The maximum Gasteiger partial charge on any atom is 0.332 e. The third-order valence-electron chi connectivity index (χ3n) is 2.04. The van der Waals surface area contributed by atoms with Crippen molar-refractivity contribution in [1.29, 1.82) is 0 Å². The highest BCUT2D eigenvalue weighted by Gasteiger charge is 2.04. The summed E-state index contributed by atoms with van der Waals surface area (Å²) in [5.41, 5.74) is 3.86. The van der Waals surface area contributed by atoms with Gasteiger partial charge in [0.05, 0.1) is 0 Å². The van der Waals surface area contributed by atoms with Gasteiger partial charge < -0.3 is 5.11 Å². The van der Waals surface area contributed by atoms with Crippen LogP contribution in [-0.2, 0) is 9.63 Å². The number of hydroxylamine groups is 1. The van der Waals surface area contributed by atoms with Crippen molar-refractivity contribution < 1.29 is 14.7 Å². The second kappa shape index (κ2) is 5.59. The van der Waals surface area contributed by atoms with Crippen LogP contribution in [0.5, 0.6) is 0 Å². The summed E-state index contributed by atoms with van der Waals surface area (Å²) in [6, 6.07) is 0. The molecule has 4 heteroatoms. The van der Waals surface area contributed by atoms with E-state index in [4.69, 9.17) is 5.11 Å². The molecule has 0 heterocycles. The fourth-order valence-electron chi connectivity index (χ4n) is 1.38. The Morgan fingerprint density at radius 1 is 1.46 bits per heavy atom. The van der Waals surface area contributed by atoms with Gasteiger partial charge in [0.15, 0.2) is 6.61 Å². The quantitative estimate of drug-likeness (QED) is 0.514. The highest BCUT2D eigenvalue weighted by molar-refractivity contribution is 5.67. The van der Waals surface area contributed by atoms with Crippen LogP contribution in [0.1, 0.15) is 32.1 Å². The fraction of sp³-hybridized carbons (Fsp3) is 0.667. The summed E-state index contributed by atoms with van der Waals surface area (Å²) in [7, 11) is 0. The SMILES string of the molecule is O=C(O)CONC=C1CCCCC1. The van der Waals surface area contributed by atoms with Crippen LogP contribution < -0.4 is 5.48 Å². The monoisotopic (exact) mass is 185 g/mol. The molecule has 74 valence electrons. The summed E-state index contributed by atoms with van der Waals surface area (Å²) in [6.45, 7) is -0.302. The number of rotatable bonds is 4. The van der Waals surface area contributed by atoms with Crippen molar-refractivity contribution in [3.8, 4) is 0 Å². The summed E-state index contributed by atoms with van der Waals surface area (Å²) in [5, 5.41) is 8.26. The molecule has 4 nitrogen and oxygen atoms in total. The van der Waals surface area contributed by atoms with Crippen LogP contribution >= 0.6 is 0 Å². The van der Waals surface area contributed by atoms with Gasteiger partial charge in [-0.05, 0) is 25.7 Å². The normalized spacial score (nSPS) is 16.8. The Hall–Kier alpha value is -1.03. The number of carboxylic acids is 1. The van der Waals surface area contributed by atoms with Crippen molar-refractivity contribution in [2.45, 2.75) is 32.1 Å². The highest BCUT2D eigenvalue weighted by atomic mass is 16.7. The summed E-state index contributed by atoms with van der Waals surface area (Å²) in [6.07, 6.45) is 7.74. The summed E-state index contributed by atoms with van der Waals surface area (Å²) in [4.78, 5) is 14.7. The van der Waals surface area contributed by atoms with Crippen molar-refractivity contribution >= 4 is 5.97 Å². The predicted octanol–water partition coefficient (Wildman–Crippen LogP) is 1.44. The first-order chi connectivity index (χ1) is 6.29. The van der Waals surface area contributed by atoms with E-state index in [-0.39, 0.29) is 6.61 Å². The molecule has 0 aromatic heterocycles. The number of aliphatic carboxylic acids is 1. The van der Waals surface area contributed by atoms with E-state index in [2.05, 4.69) is 10.3 Å². The van der Waals surface area contributed by atoms with Crippen molar-refractivity contribution in [3.05, 3.63) is 11.8 Å². The van der Waals surface area contributed by atoms with Crippen LogP contribution in [0.25, 0.3) is 0 Å². The first-order valence-corrected chi connectivity index (χ1v) is 4.56. The van der Waals surface area contributed by atoms with Gasteiger partial charge in [0.1, 0.15) is 0 Å². The van der Waals surface area contributed by atoms with E-state index >= 15 is 0 Å². The maximum atomic E-state index is 10.1. The van der Waals surface area contributed by atoms with Crippen molar-refractivity contribution in [2.24, 2.45) is 0 Å². The molecule has 0 saturated heterocycles. The molecular weight excluding hydrogens is 170 g/mol. The van der Waals surface area contributed by atoms with E-state index in [0.29, 0.717) is 0 Å². The summed E-state index contributed by atoms with van der Waals surface area (Å²) < 4.78 is 0. The Balaban J connectivity index is 2.11. The zero-order chi connectivity index (χ0) is 9.52. The van der Waals surface area contributed by atoms with E-state index in [9.17, 15) is 4.79 Å². The molecule has 2 N–H and O–H groups in total. The molecule has 0 bridgehead atoms. The third kappa shape index (κ3) is 4.52. The van der Waals surface area contributed by atoms with Gasteiger partial charge in [0, 0.05) is 6.20 Å². The van der Waals surface area contributed by atoms with Gasteiger partial charge in [-0.3, -0.25) is 10.3 Å². The second-order valence-corrected chi connectivity index (χ2v) is 3.16. The molecule has 0 radical (unpaired) electrons. The molecule has 0 amide bonds. The first kappa shape index (κ1) is 10.1. The smallest absolute Gasteiger partial charge is 0.332 e. The number of hydrogen-bond acceptors (Lipinski definition) is 3. The molecule has 0 aromatic carbocycles. The molecular formula is C9H15NO3. The minimum absolute atomic E-state index is 0.302. The van der Waals surface area contributed by atoms with Crippen molar-refractivity contribution in [1.82, 2.24) is 5.48 Å². The van der Waals surface area contributed by atoms with Crippen LogP contribution in [0.3, 0.4) is 0 Å². The lowest BCUT2D eigenvalue weighted by Gasteiger charge is -2.13. The first-order valence-electron chi connectivity index (χ1n) is 4.56. The Bertz CT molecular complexity index is 193. The van der Waals surface area contributed by atoms with Gasteiger partial charge in [0.25, 0.3) is 0 Å². The lowest BCUT2D eigenvalue weighted by molar-refractivity contribution is -0.144. The second-order valence-electron chi connectivity index (χ2n) is 3.16. The molecule has 0 aromatic rings. The fourth-order valence-corrected chi connectivity index (χ4v) is 1.38. The molecule has 0 atom stereocenters. The molecule has 1 rings (SSSR count).